The second-order valence-corrected chi connectivity index (χ2v) is 29.2. The number of aromatic nitrogens is 8. The fourth-order valence-electron chi connectivity index (χ4n) is 11.0. The van der Waals surface area contributed by atoms with Crippen molar-refractivity contribution in [3.05, 3.63) is 108 Å². The largest absolute Gasteiger partial charge is 0.415 e. The molecule has 3 N–H and O–H groups in total. The zero-order valence-corrected chi connectivity index (χ0v) is 50.2. The van der Waals surface area contributed by atoms with E-state index in [-0.39, 0.29) is 59.7 Å². The maximum atomic E-state index is 13.1. The highest BCUT2D eigenvalue weighted by atomic mass is 28.4. The maximum absolute atomic E-state index is 13.1. The molecule has 19 heteroatoms. The van der Waals surface area contributed by atoms with Crippen molar-refractivity contribution in [3.63, 3.8) is 0 Å². The molecule has 6 aromatic rings. The predicted octanol–water partition coefficient (Wildman–Crippen LogP) is 10.9. The number of ether oxygens (including phenoxy) is 2. The first-order chi connectivity index (χ1) is 38.9. The minimum Gasteiger partial charge on any atom is -0.415 e. The molecular weight excluding hydrogens is 1040 g/mol. The number of fused-ring (bicyclic) bond motifs is 2. The number of amides is 2. The Bertz CT molecular complexity index is 3050. The molecule has 0 radical (unpaired) electrons. The van der Waals surface area contributed by atoms with Gasteiger partial charge in [0.1, 0.15) is 0 Å². The number of hydrogen-bond donors (Lipinski definition) is 3. The van der Waals surface area contributed by atoms with E-state index >= 15 is 0 Å². The summed E-state index contributed by atoms with van der Waals surface area (Å²) in [7, 11) is -1.78. The summed E-state index contributed by atoms with van der Waals surface area (Å²) in [5.41, 5.74) is 10.7. The zero-order chi connectivity index (χ0) is 57.3. The average molecular weight is 1120 g/mol. The molecule has 2 amide bonds. The molecule has 434 valence electrons. The first-order valence-corrected chi connectivity index (χ1v) is 32.4. The van der Waals surface area contributed by atoms with Crippen molar-refractivity contribution >= 4 is 43.4 Å². The van der Waals surface area contributed by atoms with E-state index in [2.05, 4.69) is 101 Å². The van der Waals surface area contributed by atoms with Crippen molar-refractivity contribution in [1.82, 2.24) is 49.3 Å². The summed E-state index contributed by atoms with van der Waals surface area (Å²) in [5.74, 6) is 2.02. The highest BCUT2D eigenvalue weighted by Gasteiger charge is 2.38. The Morgan fingerprint density at radius 3 is 1.56 bits per heavy atom. The molecule has 2 aliphatic carbocycles. The fourth-order valence-corrected chi connectivity index (χ4v) is 12.1. The van der Waals surface area contributed by atoms with Gasteiger partial charge in [0.05, 0.1) is 85.9 Å². The zero-order valence-electron chi connectivity index (χ0n) is 49.2. The molecule has 2 fully saturated rings. The average Bonchev–Trinajstić information content (AvgIpc) is 4.14. The number of aryl methyl sites for hydroxylation is 2. The summed E-state index contributed by atoms with van der Waals surface area (Å²) in [6, 6.07) is 17.0. The Hall–Kier alpha value is -6.38. The van der Waals surface area contributed by atoms with Gasteiger partial charge in [-0.1, -0.05) is 57.9 Å². The van der Waals surface area contributed by atoms with Crippen molar-refractivity contribution in [2.24, 2.45) is 0 Å². The molecule has 2 aliphatic heterocycles. The molecule has 2 unspecified atom stereocenters. The smallest absolute Gasteiger partial charge is 0.227 e. The van der Waals surface area contributed by atoms with Gasteiger partial charge in [-0.15, -0.1) is 0 Å². The monoisotopic (exact) mass is 1120 g/mol. The van der Waals surface area contributed by atoms with Crippen LogP contribution in [0.3, 0.4) is 0 Å². The summed E-state index contributed by atoms with van der Waals surface area (Å²) < 4.78 is 21.5. The lowest BCUT2D eigenvalue weighted by atomic mass is 9.88. The van der Waals surface area contributed by atoms with E-state index in [1.165, 1.54) is 22.3 Å². The molecule has 0 saturated carbocycles. The number of nitrogens with one attached hydrogen (secondary N) is 2. The van der Waals surface area contributed by atoms with Crippen LogP contribution in [0.4, 0.5) is 23.3 Å². The summed E-state index contributed by atoms with van der Waals surface area (Å²) in [6.07, 6.45) is 21.4. The number of aliphatic hydroxyl groups excluding tert-OH is 1. The fraction of sp³-hybridized carbons (Fsp3) is 0.548. The number of carbonyl (C=O) groups is 2. The van der Waals surface area contributed by atoms with E-state index in [1.54, 1.807) is 29.5 Å². The van der Waals surface area contributed by atoms with Crippen LogP contribution in [0.25, 0.3) is 22.5 Å². The first-order valence-electron chi connectivity index (χ1n) is 29.5. The van der Waals surface area contributed by atoms with Crippen LogP contribution in [0, 0.1) is 0 Å². The lowest BCUT2D eigenvalue weighted by molar-refractivity contribution is -0.149. The highest BCUT2D eigenvalue weighted by Crippen LogP contribution is 2.39. The van der Waals surface area contributed by atoms with E-state index < -0.39 is 8.32 Å². The second-order valence-electron chi connectivity index (χ2n) is 24.4. The van der Waals surface area contributed by atoms with Crippen molar-refractivity contribution in [1.29, 1.82) is 0 Å². The third-order valence-electron chi connectivity index (χ3n) is 16.4. The minimum absolute atomic E-state index is 0.0342. The number of aliphatic hydroxyl groups is 1. The van der Waals surface area contributed by atoms with Crippen molar-refractivity contribution < 1.29 is 28.6 Å². The van der Waals surface area contributed by atoms with E-state index in [0.29, 0.717) is 70.6 Å². The molecular formula is C62H86N12O6Si. The molecule has 18 nitrogen and oxygen atoms in total. The Morgan fingerprint density at radius 1 is 0.667 bits per heavy atom. The maximum Gasteiger partial charge on any atom is 0.227 e. The van der Waals surface area contributed by atoms with Gasteiger partial charge >= 0.3 is 0 Å². The standard InChI is InChI=1S/C34H50N6O3Si.C28H36N6O3/c1-24(2)43-29-22-39(23-29)32(41)19-26-11-9-8-10-25-18-27(12-13-30(25)26)31-14-15-35-33(38-31)37-28-20-36-40(21-28)16-17-42-44(6,7)34(3,4)5;1-19(2)37-24-17-33(18-24)27(36)14-21-6-4-3-5-20-13-22(7-8-25(20)21)26-9-10-29-28(32-26)31-23-15-30-34(16-23)11-12-35/h12-15,18,20-21,24,26,29H,8-11,16-17,19,22-23H2,1-7H3,(H,35,37,38);7-10,13,15-16,19,21,24,35H,3-6,11-12,14,17-18H2,1-2H3,(H,29,31,32). The molecule has 2 atom stereocenters. The number of hydrogen-bond acceptors (Lipinski definition) is 14. The Balaban J connectivity index is 0.000000198. The molecule has 81 heavy (non-hydrogen) atoms. The summed E-state index contributed by atoms with van der Waals surface area (Å²) in [5, 5.41) is 24.5. The third kappa shape index (κ3) is 15.8. The van der Waals surface area contributed by atoms with Gasteiger partial charge in [0.25, 0.3) is 0 Å². The molecule has 4 aliphatic rings. The van der Waals surface area contributed by atoms with Crippen molar-refractivity contribution in [3.8, 4) is 22.5 Å². The van der Waals surface area contributed by atoms with Gasteiger partial charge in [-0.25, -0.2) is 19.9 Å². The SMILES string of the molecule is CC(C)OC1CN(C(=O)CC2CCCCc3cc(-c4ccnc(Nc5cnn(CCO)c5)n4)ccc32)C1.CC(C)OC1CN(C(=O)CC2CCCCc3cc(-c4ccnc(Nc5cnn(CCO[Si](C)(C)C(C)(C)C)c5)n4)ccc32)C1. The van der Waals surface area contributed by atoms with Gasteiger partial charge < -0.3 is 39.4 Å². The first kappa shape index (κ1) is 59.2. The Morgan fingerprint density at radius 2 is 1.12 bits per heavy atom. The van der Waals surface area contributed by atoms with E-state index in [4.69, 9.17) is 29.0 Å². The van der Waals surface area contributed by atoms with Crippen molar-refractivity contribution in [2.75, 3.05) is 50.0 Å². The lowest BCUT2D eigenvalue weighted by Crippen LogP contribution is -2.55. The molecule has 10 rings (SSSR count). The van der Waals surface area contributed by atoms with Gasteiger partial charge in [-0.05, 0) is 143 Å². The minimum atomic E-state index is -1.78. The molecule has 4 aromatic heterocycles. The number of anilines is 4. The normalized spacial score (nSPS) is 17.8. The molecule has 0 bridgehead atoms. The van der Waals surface area contributed by atoms with Crippen LogP contribution in [-0.2, 0) is 49.4 Å². The van der Waals surface area contributed by atoms with E-state index in [9.17, 15) is 9.59 Å². The third-order valence-corrected chi connectivity index (χ3v) is 21.0. The predicted molar refractivity (Wildman–Crippen MR) is 319 cm³/mol. The highest BCUT2D eigenvalue weighted by molar-refractivity contribution is 6.74. The van der Waals surface area contributed by atoms with Crippen LogP contribution in [0.2, 0.25) is 18.1 Å². The quantitative estimate of drug-likeness (QED) is 0.0482. The number of nitrogens with zero attached hydrogens (tertiary/aromatic N) is 10. The summed E-state index contributed by atoms with van der Waals surface area (Å²) >= 11 is 0. The van der Waals surface area contributed by atoms with E-state index in [1.807, 2.05) is 66.7 Å². The van der Waals surface area contributed by atoms with Crippen molar-refractivity contribution in [2.45, 2.75) is 180 Å². The summed E-state index contributed by atoms with van der Waals surface area (Å²) in [4.78, 5) is 48.3. The number of rotatable bonds is 20. The molecule has 2 aromatic carbocycles. The van der Waals surface area contributed by atoms with Gasteiger partial charge in [0.15, 0.2) is 8.32 Å². The van der Waals surface area contributed by atoms with E-state index in [0.717, 1.165) is 85.3 Å². The second kappa shape index (κ2) is 26.7. The van der Waals surface area contributed by atoms with Gasteiger partial charge in [0, 0.05) is 74.9 Å². The number of likely N-dealkylation sites (tertiary alicyclic amines) is 2. The van der Waals surface area contributed by atoms with Crippen LogP contribution < -0.4 is 10.6 Å². The Labute approximate surface area is 480 Å². The van der Waals surface area contributed by atoms with Gasteiger partial charge in [-0.3, -0.25) is 19.0 Å². The van der Waals surface area contributed by atoms with Crippen LogP contribution in [-0.4, -0.2) is 138 Å². The van der Waals surface area contributed by atoms with Crippen LogP contribution >= 0.6 is 0 Å². The number of benzene rings is 2. The van der Waals surface area contributed by atoms with Crippen LogP contribution in [0.1, 0.15) is 134 Å². The number of carbonyl (C=O) groups excluding carboxylic acids is 2. The Kier molecular flexibility index (Phi) is 19.5. The molecule has 6 heterocycles. The van der Waals surface area contributed by atoms with Gasteiger partial charge in [-0.2, -0.15) is 10.2 Å². The van der Waals surface area contributed by atoms with Crippen LogP contribution in [0.5, 0.6) is 0 Å². The van der Waals surface area contributed by atoms with Gasteiger partial charge in [0.2, 0.25) is 23.7 Å². The topological polar surface area (TPSA) is 200 Å². The van der Waals surface area contributed by atoms with Crippen LogP contribution in [0.15, 0.2) is 85.7 Å². The molecule has 2 saturated heterocycles. The summed E-state index contributed by atoms with van der Waals surface area (Å²) in [6.45, 7) is 24.1. The lowest BCUT2D eigenvalue weighted by Gasteiger charge is -2.40. The molecule has 0 spiro atoms.